The van der Waals surface area contributed by atoms with Crippen molar-refractivity contribution in [1.29, 1.82) is 0 Å². The first kappa shape index (κ1) is 18.1. The highest BCUT2D eigenvalue weighted by Crippen LogP contribution is 2.30. The number of aromatic nitrogens is 4. The standard InChI is InChI=1S/C21H20N4S2/c1-2-25-15-22-18-19(25)23-21(27-14-17-11-7-4-8-12-17)24-20(18)26-13-16-9-5-3-6-10-16/h3-12,15H,2,13-14H2,1H3. The van der Waals surface area contributed by atoms with Crippen LogP contribution in [0.3, 0.4) is 0 Å². The maximum atomic E-state index is 4.82. The van der Waals surface area contributed by atoms with Gasteiger partial charge in [0, 0.05) is 18.1 Å². The van der Waals surface area contributed by atoms with Crippen molar-refractivity contribution >= 4 is 34.7 Å². The summed E-state index contributed by atoms with van der Waals surface area (Å²) in [5, 5.41) is 1.75. The van der Waals surface area contributed by atoms with Gasteiger partial charge in [0.2, 0.25) is 0 Å². The van der Waals surface area contributed by atoms with E-state index in [-0.39, 0.29) is 0 Å². The monoisotopic (exact) mass is 392 g/mol. The van der Waals surface area contributed by atoms with Crippen molar-refractivity contribution in [2.45, 2.75) is 35.2 Å². The lowest BCUT2D eigenvalue weighted by Gasteiger charge is -2.07. The third kappa shape index (κ3) is 4.34. The van der Waals surface area contributed by atoms with Crippen molar-refractivity contribution in [2.24, 2.45) is 0 Å². The van der Waals surface area contributed by atoms with Gasteiger partial charge in [0.05, 0.1) is 6.33 Å². The van der Waals surface area contributed by atoms with Crippen LogP contribution in [0.5, 0.6) is 0 Å². The first-order valence-corrected chi connectivity index (χ1v) is 10.9. The predicted octanol–water partition coefficient (Wildman–Crippen LogP) is 5.43. The van der Waals surface area contributed by atoms with Crippen molar-refractivity contribution in [2.75, 3.05) is 0 Å². The Bertz CT molecular complexity index is 1020. The molecule has 4 aromatic rings. The van der Waals surface area contributed by atoms with Crippen molar-refractivity contribution in [1.82, 2.24) is 19.5 Å². The van der Waals surface area contributed by atoms with E-state index in [0.717, 1.165) is 39.4 Å². The summed E-state index contributed by atoms with van der Waals surface area (Å²) in [6.07, 6.45) is 1.86. The Kier molecular flexibility index (Phi) is 5.75. The molecule has 0 aliphatic carbocycles. The average molecular weight is 393 g/mol. The summed E-state index contributed by atoms with van der Waals surface area (Å²) in [6.45, 7) is 2.95. The first-order valence-electron chi connectivity index (χ1n) is 8.90. The molecule has 0 saturated carbocycles. The Balaban J connectivity index is 1.61. The Labute approximate surface area is 167 Å². The van der Waals surface area contributed by atoms with Gasteiger partial charge in [-0.05, 0) is 18.1 Å². The van der Waals surface area contributed by atoms with E-state index in [0.29, 0.717) is 0 Å². The number of fused-ring (bicyclic) bond motifs is 1. The molecule has 0 bridgehead atoms. The number of benzene rings is 2. The summed E-state index contributed by atoms with van der Waals surface area (Å²) in [5.74, 6) is 1.73. The van der Waals surface area contributed by atoms with Gasteiger partial charge in [0.1, 0.15) is 10.5 Å². The normalized spacial score (nSPS) is 11.1. The molecule has 0 radical (unpaired) electrons. The van der Waals surface area contributed by atoms with Crippen LogP contribution >= 0.6 is 23.5 Å². The van der Waals surface area contributed by atoms with Gasteiger partial charge >= 0.3 is 0 Å². The fraction of sp³-hybridized carbons (Fsp3) is 0.190. The van der Waals surface area contributed by atoms with E-state index >= 15 is 0 Å². The van der Waals surface area contributed by atoms with Gasteiger partial charge in [-0.2, -0.15) is 0 Å². The molecule has 2 heterocycles. The van der Waals surface area contributed by atoms with E-state index in [1.807, 2.05) is 18.5 Å². The minimum atomic E-state index is 0.803. The van der Waals surface area contributed by atoms with Crippen LogP contribution < -0.4 is 0 Å². The fourth-order valence-corrected chi connectivity index (χ4v) is 4.52. The molecule has 2 aromatic carbocycles. The number of thioether (sulfide) groups is 2. The number of aryl methyl sites for hydroxylation is 1. The second-order valence-electron chi connectivity index (χ2n) is 6.06. The minimum absolute atomic E-state index is 0.803. The van der Waals surface area contributed by atoms with Gasteiger partial charge in [0.25, 0.3) is 0 Å². The zero-order valence-electron chi connectivity index (χ0n) is 15.1. The molecule has 0 unspecified atom stereocenters. The van der Waals surface area contributed by atoms with Crippen LogP contribution in [0.1, 0.15) is 18.1 Å². The van der Waals surface area contributed by atoms with Crippen molar-refractivity contribution < 1.29 is 0 Å². The number of hydrogen-bond acceptors (Lipinski definition) is 5. The number of hydrogen-bond donors (Lipinski definition) is 0. The van der Waals surface area contributed by atoms with Crippen LogP contribution in [0.25, 0.3) is 11.2 Å². The van der Waals surface area contributed by atoms with Crippen LogP contribution in [0.15, 0.2) is 77.2 Å². The summed E-state index contributed by atoms with van der Waals surface area (Å²) in [4.78, 5) is 14.2. The Hall–Kier alpha value is -2.31. The zero-order chi connectivity index (χ0) is 18.5. The van der Waals surface area contributed by atoms with Gasteiger partial charge in [-0.3, -0.25) is 0 Å². The van der Waals surface area contributed by atoms with Crippen LogP contribution in [0.4, 0.5) is 0 Å². The molecule has 0 N–H and O–H groups in total. The molecular weight excluding hydrogens is 372 g/mol. The largest absolute Gasteiger partial charge is 0.315 e. The molecule has 0 saturated heterocycles. The van der Waals surface area contributed by atoms with Crippen LogP contribution in [0, 0.1) is 0 Å². The van der Waals surface area contributed by atoms with E-state index < -0.39 is 0 Å². The molecule has 6 heteroatoms. The highest BCUT2D eigenvalue weighted by molar-refractivity contribution is 7.99. The molecule has 136 valence electrons. The third-order valence-corrected chi connectivity index (χ3v) is 6.14. The first-order chi connectivity index (χ1) is 13.3. The number of nitrogens with zero attached hydrogens (tertiary/aromatic N) is 4. The Morgan fingerprint density at radius 2 is 1.44 bits per heavy atom. The molecule has 4 rings (SSSR count). The van der Waals surface area contributed by atoms with Gasteiger partial charge in [-0.15, -0.1) is 0 Å². The summed E-state index contributed by atoms with van der Waals surface area (Å²) in [5.41, 5.74) is 4.36. The Morgan fingerprint density at radius 1 is 0.815 bits per heavy atom. The van der Waals surface area contributed by atoms with E-state index in [1.165, 1.54) is 11.1 Å². The summed E-state index contributed by atoms with van der Waals surface area (Å²) >= 11 is 3.39. The maximum Gasteiger partial charge on any atom is 0.191 e. The predicted molar refractivity (Wildman–Crippen MR) is 113 cm³/mol. The van der Waals surface area contributed by atoms with Gasteiger partial charge in [0.15, 0.2) is 10.8 Å². The molecule has 2 aromatic heterocycles. The van der Waals surface area contributed by atoms with Crippen LogP contribution in [0.2, 0.25) is 0 Å². The van der Waals surface area contributed by atoms with Crippen LogP contribution in [-0.2, 0) is 18.1 Å². The highest BCUT2D eigenvalue weighted by Gasteiger charge is 2.14. The smallest absolute Gasteiger partial charge is 0.191 e. The fourth-order valence-electron chi connectivity index (χ4n) is 2.74. The lowest BCUT2D eigenvalue weighted by molar-refractivity contribution is 0.768. The van der Waals surface area contributed by atoms with Gasteiger partial charge in [-0.1, -0.05) is 84.2 Å². The summed E-state index contributed by atoms with van der Waals surface area (Å²) in [7, 11) is 0. The maximum absolute atomic E-state index is 4.82. The number of rotatable bonds is 7. The molecule has 4 nitrogen and oxygen atoms in total. The van der Waals surface area contributed by atoms with E-state index in [9.17, 15) is 0 Å². The van der Waals surface area contributed by atoms with Crippen molar-refractivity contribution in [3.63, 3.8) is 0 Å². The van der Waals surface area contributed by atoms with Gasteiger partial charge < -0.3 is 4.57 Å². The average Bonchev–Trinajstić information content (AvgIpc) is 3.15. The van der Waals surface area contributed by atoms with E-state index in [1.54, 1.807) is 23.5 Å². The van der Waals surface area contributed by atoms with Crippen LogP contribution in [-0.4, -0.2) is 19.5 Å². The molecule has 0 atom stereocenters. The molecule has 0 fully saturated rings. The van der Waals surface area contributed by atoms with E-state index in [4.69, 9.17) is 9.97 Å². The lowest BCUT2D eigenvalue weighted by Crippen LogP contribution is -1.98. The molecular formula is C21H20N4S2. The highest BCUT2D eigenvalue weighted by atomic mass is 32.2. The van der Waals surface area contributed by atoms with Crippen molar-refractivity contribution in [3.8, 4) is 0 Å². The molecule has 0 amide bonds. The summed E-state index contributed by atoms with van der Waals surface area (Å²) < 4.78 is 2.08. The molecule has 0 aliphatic rings. The zero-order valence-corrected chi connectivity index (χ0v) is 16.7. The van der Waals surface area contributed by atoms with Gasteiger partial charge in [-0.25, -0.2) is 15.0 Å². The molecule has 27 heavy (non-hydrogen) atoms. The SMILES string of the molecule is CCn1cnc2c(SCc3ccccc3)nc(SCc3ccccc3)nc21. The van der Waals surface area contributed by atoms with Crippen molar-refractivity contribution in [3.05, 3.63) is 78.1 Å². The topological polar surface area (TPSA) is 43.6 Å². The lowest BCUT2D eigenvalue weighted by atomic mass is 10.2. The molecule has 0 aliphatic heterocycles. The number of imidazole rings is 1. The minimum Gasteiger partial charge on any atom is -0.315 e. The second kappa shape index (κ2) is 8.59. The second-order valence-corrected chi connectivity index (χ2v) is 7.97. The summed E-state index contributed by atoms with van der Waals surface area (Å²) in [6, 6.07) is 20.9. The third-order valence-electron chi connectivity index (χ3n) is 4.18. The quantitative estimate of drug-likeness (QED) is 0.238. The molecule has 0 spiro atoms. The van der Waals surface area contributed by atoms with E-state index in [2.05, 4.69) is 65.0 Å². The Morgan fingerprint density at radius 3 is 2.07 bits per heavy atom.